The summed E-state index contributed by atoms with van der Waals surface area (Å²) >= 11 is 6.09. The van der Waals surface area contributed by atoms with E-state index < -0.39 is 6.04 Å². The molecule has 2 aromatic rings. The first-order chi connectivity index (χ1) is 14.2. The fourth-order valence-corrected chi connectivity index (χ4v) is 3.57. The van der Waals surface area contributed by atoms with E-state index in [0.29, 0.717) is 17.3 Å². The van der Waals surface area contributed by atoms with Crippen molar-refractivity contribution in [3.05, 3.63) is 58.7 Å². The number of aromatic nitrogens is 1. The number of nitrogens with two attached hydrogens (primary N) is 1. The van der Waals surface area contributed by atoms with E-state index in [-0.39, 0.29) is 30.3 Å². The summed E-state index contributed by atoms with van der Waals surface area (Å²) in [6.45, 7) is 4.24. The highest BCUT2D eigenvalue weighted by atomic mass is 35.5. The first-order valence-electron chi connectivity index (χ1n) is 9.86. The molecule has 30 heavy (non-hydrogen) atoms. The Bertz CT molecular complexity index is 847. The molecule has 0 spiro atoms. The fourth-order valence-electron chi connectivity index (χ4n) is 3.35. The average Bonchev–Trinajstić information content (AvgIpc) is 2.66. The van der Waals surface area contributed by atoms with Gasteiger partial charge in [-0.15, -0.1) is 0 Å². The van der Waals surface area contributed by atoms with Gasteiger partial charge >= 0.3 is 0 Å². The van der Waals surface area contributed by atoms with E-state index >= 15 is 0 Å². The molecule has 0 saturated carbocycles. The molecule has 0 saturated heterocycles. The lowest BCUT2D eigenvalue weighted by Crippen LogP contribution is -2.54. The lowest BCUT2D eigenvalue weighted by atomic mass is 10.0. The zero-order valence-electron chi connectivity index (χ0n) is 17.9. The highest BCUT2D eigenvalue weighted by Gasteiger charge is 2.29. The second kappa shape index (κ2) is 10.9. The maximum absolute atomic E-state index is 13.0. The molecule has 7 nitrogen and oxygen atoms in total. The Balaban J connectivity index is 2.15. The monoisotopic (exact) mass is 431 g/mol. The molecular formula is C22H30ClN5O2. The van der Waals surface area contributed by atoms with Crippen LogP contribution in [0.2, 0.25) is 5.02 Å². The number of nitrogens with one attached hydrogen (secondary N) is 2. The van der Waals surface area contributed by atoms with Crippen molar-refractivity contribution in [2.45, 2.75) is 38.9 Å². The number of halogens is 1. The third kappa shape index (κ3) is 7.00. The number of anilines is 1. The van der Waals surface area contributed by atoms with Crippen molar-refractivity contribution < 1.29 is 9.59 Å². The van der Waals surface area contributed by atoms with Gasteiger partial charge in [0.1, 0.15) is 11.9 Å². The number of benzene rings is 1. The van der Waals surface area contributed by atoms with E-state index in [4.69, 9.17) is 17.3 Å². The maximum Gasteiger partial charge on any atom is 0.243 e. The minimum Gasteiger partial charge on any atom is -0.384 e. The highest BCUT2D eigenvalue weighted by Crippen LogP contribution is 2.14. The Morgan fingerprint density at radius 2 is 1.87 bits per heavy atom. The van der Waals surface area contributed by atoms with Crippen LogP contribution in [0.3, 0.4) is 0 Å². The number of likely N-dealkylation sites (N-methyl/N-ethyl adjacent to an activating group) is 1. The van der Waals surface area contributed by atoms with Gasteiger partial charge in [0.25, 0.3) is 0 Å². The van der Waals surface area contributed by atoms with Gasteiger partial charge in [0.05, 0.1) is 6.04 Å². The van der Waals surface area contributed by atoms with Gasteiger partial charge in [-0.1, -0.05) is 43.6 Å². The van der Waals surface area contributed by atoms with Crippen molar-refractivity contribution in [2.24, 2.45) is 5.92 Å². The number of carbonyl (C=O) groups excluding carboxylic acids is 2. The number of nitrogen functional groups attached to an aromatic ring is 1. The molecule has 0 radical (unpaired) electrons. The Kier molecular flexibility index (Phi) is 8.62. The summed E-state index contributed by atoms with van der Waals surface area (Å²) in [5.74, 6) is 0.0445. The second-order valence-electron chi connectivity index (χ2n) is 7.86. The van der Waals surface area contributed by atoms with Crippen LogP contribution < -0.4 is 16.4 Å². The molecular weight excluding hydrogens is 402 g/mol. The smallest absolute Gasteiger partial charge is 0.243 e. The molecule has 162 valence electrons. The van der Waals surface area contributed by atoms with Gasteiger partial charge in [0, 0.05) is 24.2 Å². The molecule has 1 aromatic carbocycles. The van der Waals surface area contributed by atoms with Crippen molar-refractivity contribution in [1.82, 2.24) is 20.5 Å². The summed E-state index contributed by atoms with van der Waals surface area (Å²) in [7, 11) is 3.70. The van der Waals surface area contributed by atoms with Crippen LogP contribution in [0.25, 0.3) is 0 Å². The third-order valence-electron chi connectivity index (χ3n) is 4.73. The SMILES string of the molecule is CC(C)C(C(=O)N[C@@H](Cc1cccc(Cl)c1)C(=O)NCc1ccc(N)nc1)N(C)C. The first-order valence-corrected chi connectivity index (χ1v) is 10.2. The lowest BCUT2D eigenvalue weighted by molar-refractivity contribution is -0.132. The normalized spacial score (nSPS) is 13.2. The predicted octanol–water partition coefficient (Wildman–Crippen LogP) is 2.25. The number of nitrogens with zero attached hydrogens (tertiary/aromatic N) is 2. The molecule has 0 bridgehead atoms. The number of amides is 2. The highest BCUT2D eigenvalue weighted by molar-refractivity contribution is 6.30. The largest absolute Gasteiger partial charge is 0.384 e. The Hall–Kier alpha value is -2.64. The molecule has 2 amide bonds. The summed E-state index contributed by atoms with van der Waals surface area (Å²) in [5, 5.41) is 6.38. The van der Waals surface area contributed by atoms with E-state index in [0.717, 1.165) is 11.1 Å². The van der Waals surface area contributed by atoms with E-state index in [9.17, 15) is 9.59 Å². The van der Waals surface area contributed by atoms with Gasteiger partial charge in [-0.2, -0.15) is 0 Å². The number of hydrogen-bond donors (Lipinski definition) is 3. The summed E-state index contributed by atoms with van der Waals surface area (Å²) in [5.41, 5.74) is 7.28. The molecule has 2 atom stereocenters. The van der Waals surface area contributed by atoms with Gasteiger partial charge in [-0.05, 0) is 49.3 Å². The van der Waals surface area contributed by atoms with E-state index in [1.807, 2.05) is 45.0 Å². The van der Waals surface area contributed by atoms with E-state index in [1.54, 1.807) is 30.5 Å². The number of pyridine rings is 1. The van der Waals surface area contributed by atoms with Crippen molar-refractivity contribution in [1.29, 1.82) is 0 Å². The van der Waals surface area contributed by atoms with Crippen molar-refractivity contribution in [3.63, 3.8) is 0 Å². The topological polar surface area (TPSA) is 100 Å². The van der Waals surface area contributed by atoms with Gasteiger partial charge in [-0.25, -0.2) is 4.98 Å². The van der Waals surface area contributed by atoms with Crippen molar-refractivity contribution in [2.75, 3.05) is 19.8 Å². The summed E-state index contributed by atoms with van der Waals surface area (Å²) in [6, 6.07) is 9.67. The minimum atomic E-state index is -0.737. The number of rotatable bonds is 9. The van der Waals surface area contributed by atoms with E-state index in [1.165, 1.54) is 0 Å². The van der Waals surface area contributed by atoms with Crippen LogP contribution in [0.1, 0.15) is 25.0 Å². The summed E-state index contributed by atoms with van der Waals surface area (Å²) < 4.78 is 0. The Labute approximate surface area is 183 Å². The van der Waals surface area contributed by atoms with Gasteiger partial charge < -0.3 is 16.4 Å². The van der Waals surface area contributed by atoms with Crippen LogP contribution >= 0.6 is 11.6 Å². The van der Waals surface area contributed by atoms with Crippen LogP contribution in [-0.2, 0) is 22.6 Å². The quantitative estimate of drug-likeness (QED) is 0.565. The molecule has 0 aliphatic heterocycles. The molecule has 8 heteroatoms. The lowest BCUT2D eigenvalue weighted by Gasteiger charge is -2.29. The summed E-state index contributed by atoms with van der Waals surface area (Å²) in [4.78, 5) is 31.8. The molecule has 0 aliphatic rings. The molecule has 1 heterocycles. The van der Waals surface area contributed by atoms with Crippen molar-refractivity contribution >= 4 is 29.2 Å². The van der Waals surface area contributed by atoms with Crippen LogP contribution in [0.15, 0.2) is 42.6 Å². The maximum atomic E-state index is 13.0. The average molecular weight is 432 g/mol. The number of carbonyl (C=O) groups is 2. The summed E-state index contributed by atoms with van der Waals surface area (Å²) in [6.07, 6.45) is 1.94. The molecule has 4 N–H and O–H groups in total. The van der Waals surface area contributed by atoms with Crippen LogP contribution in [-0.4, -0.2) is 47.9 Å². The number of hydrogen-bond acceptors (Lipinski definition) is 5. The fraction of sp³-hybridized carbons (Fsp3) is 0.409. The van der Waals surface area contributed by atoms with Crippen molar-refractivity contribution in [3.8, 4) is 0 Å². The standard InChI is InChI=1S/C22H30ClN5O2/c1-14(2)20(28(3)4)22(30)27-18(11-15-6-5-7-17(23)10-15)21(29)26-13-16-8-9-19(24)25-12-16/h5-10,12,14,18,20H,11,13H2,1-4H3,(H2,24,25)(H,26,29)(H,27,30)/t18-,20?/m0/s1. The molecule has 2 rings (SSSR count). The van der Waals surface area contributed by atoms with Gasteiger partial charge in [-0.3, -0.25) is 14.5 Å². The third-order valence-corrected chi connectivity index (χ3v) is 4.97. The Morgan fingerprint density at radius 1 is 1.13 bits per heavy atom. The minimum absolute atomic E-state index is 0.0933. The molecule has 1 aromatic heterocycles. The zero-order chi connectivity index (χ0) is 22.3. The van der Waals surface area contributed by atoms with Crippen LogP contribution in [0.5, 0.6) is 0 Å². The molecule has 0 aliphatic carbocycles. The second-order valence-corrected chi connectivity index (χ2v) is 8.29. The van der Waals surface area contributed by atoms with Crippen LogP contribution in [0.4, 0.5) is 5.82 Å². The van der Waals surface area contributed by atoms with E-state index in [2.05, 4.69) is 15.6 Å². The predicted molar refractivity (Wildman–Crippen MR) is 120 cm³/mol. The molecule has 0 fully saturated rings. The van der Waals surface area contributed by atoms with Gasteiger partial charge in [0.2, 0.25) is 11.8 Å². The first kappa shape index (κ1) is 23.6. The van der Waals surface area contributed by atoms with Gasteiger partial charge in [0.15, 0.2) is 0 Å². The Morgan fingerprint density at radius 3 is 2.43 bits per heavy atom. The van der Waals surface area contributed by atoms with Crippen LogP contribution in [0, 0.1) is 5.92 Å². The molecule has 1 unspecified atom stereocenters. The zero-order valence-corrected chi connectivity index (χ0v) is 18.6.